The zero-order valence-corrected chi connectivity index (χ0v) is 8.98. The molecule has 1 N–H and O–H groups in total. The van der Waals surface area contributed by atoms with Crippen LogP contribution in [-0.4, -0.2) is 42.2 Å². The zero-order chi connectivity index (χ0) is 7.56. The van der Waals surface area contributed by atoms with Gasteiger partial charge in [-0.15, -0.1) is 0 Å². The molecule has 11 heavy (non-hydrogen) atoms. The standard InChI is InChI=1S/C6H11F2NO.W/c7-6(8)3-9-2-1-5(9)4-10;/h5-6,10H,1-4H2;. The maximum absolute atomic E-state index is 11.7. The smallest absolute Gasteiger partial charge is 0.251 e. The fourth-order valence-corrected chi connectivity index (χ4v) is 1.12. The van der Waals surface area contributed by atoms with E-state index in [0.29, 0.717) is 6.54 Å². The monoisotopic (exact) mass is 335 g/mol. The molecule has 1 heterocycles. The molecule has 0 aromatic heterocycles. The molecule has 0 amide bonds. The summed E-state index contributed by atoms with van der Waals surface area (Å²) >= 11 is 0. The third-order valence-electron chi connectivity index (χ3n) is 1.85. The molecule has 5 heteroatoms. The second kappa shape index (κ2) is 5.17. The summed E-state index contributed by atoms with van der Waals surface area (Å²) in [6, 6.07) is -0.00556. The Kier molecular flexibility index (Phi) is 5.39. The first-order valence-electron chi connectivity index (χ1n) is 3.37. The first-order valence-corrected chi connectivity index (χ1v) is 3.37. The van der Waals surface area contributed by atoms with Crippen molar-refractivity contribution in [2.24, 2.45) is 0 Å². The van der Waals surface area contributed by atoms with Gasteiger partial charge in [0.1, 0.15) is 0 Å². The van der Waals surface area contributed by atoms with Gasteiger partial charge in [-0.05, 0) is 6.42 Å². The molecule has 1 rings (SSSR count). The van der Waals surface area contributed by atoms with Crippen LogP contribution in [0.25, 0.3) is 0 Å². The number of aliphatic hydroxyl groups excluding tert-OH is 1. The molecule has 0 aromatic carbocycles. The van der Waals surface area contributed by atoms with Gasteiger partial charge in [-0.3, -0.25) is 4.90 Å². The van der Waals surface area contributed by atoms with Crippen LogP contribution in [0.1, 0.15) is 6.42 Å². The fourth-order valence-electron chi connectivity index (χ4n) is 1.12. The summed E-state index contributed by atoms with van der Waals surface area (Å²) in [6.07, 6.45) is -1.42. The van der Waals surface area contributed by atoms with Crippen LogP contribution in [0, 0.1) is 0 Å². The Hall–Kier alpha value is 0.468. The molecule has 66 valence electrons. The molecular weight excluding hydrogens is 324 g/mol. The van der Waals surface area contributed by atoms with Crippen molar-refractivity contribution in [3.63, 3.8) is 0 Å². The van der Waals surface area contributed by atoms with E-state index in [1.165, 1.54) is 0 Å². The van der Waals surface area contributed by atoms with Gasteiger partial charge in [0.2, 0.25) is 0 Å². The van der Waals surface area contributed by atoms with Crippen LogP contribution in [0.3, 0.4) is 0 Å². The van der Waals surface area contributed by atoms with Crippen molar-refractivity contribution in [3.05, 3.63) is 0 Å². The van der Waals surface area contributed by atoms with Gasteiger partial charge in [0.25, 0.3) is 6.43 Å². The minimum Gasteiger partial charge on any atom is -0.395 e. The predicted octanol–water partition coefficient (Wildman–Crippen LogP) is 0.316. The molecule has 0 aromatic rings. The van der Waals surface area contributed by atoms with E-state index in [2.05, 4.69) is 0 Å². The topological polar surface area (TPSA) is 23.5 Å². The summed E-state index contributed by atoms with van der Waals surface area (Å²) in [6.45, 7) is 0.521. The quantitative estimate of drug-likeness (QED) is 0.803. The first kappa shape index (κ1) is 11.5. The predicted molar refractivity (Wildman–Crippen MR) is 33.1 cm³/mol. The second-order valence-electron chi connectivity index (χ2n) is 2.51. The summed E-state index contributed by atoms with van der Waals surface area (Å²) in [7, 11) is 0. The number of likely N-dealkylation sites (tertiary alicyclic amines) is 1. The molecule has 0 spiro atoms. The van der Waals surface area contributed by atoms with E-state index in [9.17, 15) is 8.78 Å². The number of hydrogen-bond donors (Lipinski definition) is 1. The number of alkyl halides is 2. The van der Waals surface area contributed by atoms with Crippen molar-refractivity contribution in [1.29, 1.82) is 0 Å². The number of hydrogen-bond acceptors (Lipinski definition) is 2. The van der Waals surface area contributed by atoms with Gasteiger partial charge in [-0.1, -0.05) is 0 Å². The van der Waals surface area contributed by atoms with E-state index in [-0.39, 0.29) is 40.3 Å². The van der Waals surface area contributed by atoms with Gasteiger partial charge >= 0.3 is 0 Å². The molecule has 0 aliphatic carbocycles. The molecule has 0 bridgehead atoms. The van der Waals surface area contributed by atoms with Crippen molar-refractivity contribution in [3.8, 4) is 0 Å². The summed E-state index contributed by atoms with van der Waals surface area (Å²) < 4.78 is 23.4. The Morgan fingerprint density at radius 2 is 2.18 bits per heavy atom. The van der Waals surface area contributed by atoms with E-state index in [4.69, 9.17) is 5.11 Å². The van der Waals surface area contributed by atoms with Crippen LogP contribution >= 0.6 is 0 Å². The van der Waals surface area contributed by atoms with Crippen LogP contribution in [-0.2, 0) is 21.1 Å². The van der Waals surface area contributed by atoms with Gasteiger partial charge in [0.05, 0.1) is 13.2 Å². The first-order chi connectivity index (χ1) is 4.74. The van der Waals surface area contributed by atoms with E-state index < -0.39 is 6.43 Å². The van der Waals surface area contributed by atoms with Crippen LogP contribution in [0.2, 0.25) is 0 Å². The molecule has 0 saturated carbocycles. The van der Waals surface area contributed by atoms with Gasteiger partial charge < -0.3 is 5.11 Å². The maximum atomic E-state index is 11.7. The Labute approximate surface area is 78.8 Å². The molecule has 2 nitrogen and oxygen atoms in total. The molecule has 1 aliphatic rings. The minimum atomic E-state index is -2.27. The summed E-state index contributed by atoms with van der Waals surface area (Å²) in [5.41, 5.74) is 0. The Morgan fingerprint density at radius 1 is 1.55 bits per heavy atom. The average Bonchev–Trinajstić information content (AvgIpc) is 1.82. The van der Waals surface area contributed by atoms with E-state index in [1.807, 2.05) is 0 Å². The normalized spacial score (nSPS) is 24.5. The third kappa shape index (κ3) is 3.14. The van der Waals surface area contributed by atoms with Gasteiger partial charge in [-0.2, -0.15) is 0 Å². The molecule has 1 fully saturated rings. The van der Waals surface area contributed by atoms with Crippen LogP contribution in [0.5, 0.6) is 0 Å². The van der Waals surface area contributed by atoms with Crippen molar-refractivity contribution >= 4 is 0 Å². The Bertz CT molecular complexity index is 113. The van der Waals surface area contributed by atoms with Crippen LogP contribution in [0.15, 0.2) is 0 Å². The van der Waals surface area contributed by atoms with E-state index >= 15 is 0 Å². The molecule has 0 radical (unpaired) electrons. The third-order valence-corrected chi connectivity index (χ3v) is 1.85. The Morgan fingerprint density at radius 3 is 2.45 bits per heavy atom. The minimum absolute atomic E-state index is 0. The molecule has 1 aliphatic heterocycles. The Balaban J connectivity index is 0.000001000. The van der Waals surface area contributed by atoms with Gasteiger partial charge in [0.15, 0.2) is 0 Å². The summed E-state index contributed by atoms with van der Waals surface area (Å²) in [5.74, 6) is 0. The van der Waals surface area contributed by atoms with E-state index in [1.54, 1.807) is 4.90 Å². The number of halogens is 2. The van der Waals surface area contributed by atoms with Crippen molar-refractivity contribution in [2.75, 3.05) is 19.7 Å². The van der Waals surface area contributed by atoms with Gasteiger partial charge in [-0.25, -0.2) is 8.78 Å². The summed E-state index contributed by atoms with van der Waals surface area (Å²) in [5, 5.41) is 8.58. The van der Waals surface area contributed by atoms with Crippen LogP contribution < -0.4 is 0 Å². The van der Waals surface area contributed by atoms with E-state index in [0.717, 1.165) is 6.42 Å². The summed E-state index contributed by atoms with van der Waals surface area (Å²) in [4.78, 5) is 1.60. The fraction of sp³-hybridized carbons (Fsp3) is 1.00. The maximum Gasteiger partial charge on any atom is 0.251 e. The SMILES string of the molecule is OCC1CCN1CC(F)F.[W]. The number of aliphatic hydroxyl groups is 1. The number of nitrogens with zero attached hydrogens (tertiary/aromatic N) is 1. The van der Waals surface area contributed by atoms with Crippen LogP contribution in [0.4, 0.5) is 8.78 Å². The number of rotatable bonds is 3. The largest absolute Gasteiger partial charge is 0.395 e. The average molecular weight is 335 g/mol. The second-order valence-corrected chi connectivity index (χ2v) is 2.51. The molecule has 1 unspecified atom stereocenters. The zero-order valence-electron chi connectivity index (χ0n) is 6.04. The molecule has 1 atom stereocenters. The van der Waals surface area contributed by atoms with Gasteiger partial charge in [0, 0.05) is 33.7 Å². The molecule has 1 saturated heterocycles. The van der Waals surface area contributed by atoms with Crippen molar-refractivity contribution in [2.45, 2.75) is 18.9 Å². The van der Waals surface area contributed by atoms with Crippen molar-refractivity contribution in [1.82, 2.24) is 4.90 Å². The van der Waals surface area contributed by atoms with Crippen molar-refractivity contribution < 1.29 is 35.0 Å². The molecular formula is C6H11F2NOW.